The van der Waals surface area contributed by atoms with Gasteiger partial charge in [-0.3, -0.25) is 0 Å². The molecule has 0 N–H and O–H groups in total. The Hall–Kier alpha value is -2.60. The molecule has 3 aromatic rings. The molecular weight excluding hydrogens is 338 g/mol. The third-order valence-electron chi connectivity index (χ3n) is 4.31. The molecule has 0 bridgehead atoms. The van der Waals surface area contributed by atoms with Crippen molar-refractivity contribution in [3.05, 3.63) is 59.6 Å². The summed E-state index contributed by atoms with van der Waals surface area (Å²) in [5.74, 6) is 1.51. The molecule has 1 fully saturated rings. The van der Waals surface area contributed by atoms with Crippen LogP contribution in [0.4, 0.5) is 5.95 Å². The van der Waals surface area contributed by atoms with Crippen LogP contribution in [0.5, 0.6) is 5.75 Å². The maximum Gasteiger partial charge on any atom is 0.250 e. The lowest BCUT2D eigenvalue weighted by Crippen LogP contribution is -2.39. The summed E-state index contributed by atoms with van der Waals surface area (Å²) in [4.78, 5) is 2.19. The highest BCUT2D eigenvalue weighted by Gasteiger charge is 2.25. The van der Waals surface area contributed by atoms with Crippen LogP contribution in [0.15, 0.2) is 54.6 Å². The zero-order valence-corrected chi connectivity index (χ0v) is 14.4. The normalized spacial score (nSPS) is 15.3. The van der Waals surface area contributed by atoms with Gasteiger partial charge < -0.3 is 9.64 Å². The Morgan fingerprint density at radius 1 is 0.960 bits per heavy atom. The van der Waals surface area contributed by atoms with E-state index in [2.05, 4.69) is 20.4 Å². The molecule has 0 amide bonds. The Labute approximate surface area is 151 Å². The third kappa shape index (κ3) is 3.44. The molecule has 0 aliphatic carbocycles. The van der Waals surface area contributed by atoms with Crippen molar-refractivity contribution in [1.82, 2.24) is 20.2 Å². The van der Waals surface area contributed by atoms with Gasteiger partial charge in [-0.25, -0.2) is 0 Å². The summed E-state index contributed by atoms with van der Waals surface area (Å²) < 4.78 is 7.82. The Bertz CT molecular complexity index is 830. The van der Waals surface area contributed by atoms with E-state index in [1.807, 2.05) is 54.6 Å². The molecule has 6 nitrogen and oxygen atoms in total. The van der Waals surface area contributed by atoms with Gasteiger partial charge in [0.05, 0.1) is 10.7 Å². The number of benzene rings is 2. The van der Waals surface area contributed by atoms with Crippen LogP contribution in [0.2, 0.25) is 5.02 Å². The zero-order valence-electron chi connectivity index (χ0n) is 13.6. The fourth-order valence-electron chi connectivity index (χ4n) is 3.01. The van der Waals surface area contributed by atoms with Crippen LogP contribution in [-0.4, -0.2) is 39.4 Å². The molecule has 1 aliphatic heterocycles. The SMILES string of the molecule is Clc1ccccc1OC1CCN(c2nnnn2-c2ccccc2)CC1. The summed E-state index contributed by atoms with van der Waals surface area (Å²) in [6.07, 6.45) is 1.94. The smallest absolute Gasteiger partial charge is 0.250 e. The van der Waals surface area contributed by atoms with E-state index in [1.54, 1.807) is 4.68 Å². The first-order chi connectivity index (χ1) is 12.3. The minimum Gasteiger partial charge on any atom is -0.489 e. The highest BCUT2D eigenvalue weighted by atomic mass is 35.5. The second-order valence-corrected chi connectivity index (χ2v) is 6.37. The minimum atomic E-state index is 0.150. The molecule has 1 aromatic heterocycles. The van der Waals surface area contributed by atoms with Crippen LogP contribution in [0.25, 0.3) is 5.69 Å². The standard InChI is InChI=1S/C18H18ClN5O/c19-16-8-4-5-9-17(16)25-15-10-12-23(13-11-15)18-20-21-22-24(18)14-6-2-1-3-7-14/h1-9,15H,10-13H2. The predicted molar refractivity (Wildman–Crippen MR) is 96.5 cm³/mol. The Balaban J connectivity index is 1.43. The number of piperidine rings is 1. The molecule has 0 unspecified atom stereocenters. The van der Waals surface area contributed by atoms with Crippen LogP contribution in [-0.2, 0) is 0 Å². The summed E-state index contributed by atoms with van der Waals surface area (Å²) in [7, 11) is 0. The Morgan fingerprint density at radius 3 is 2.44 bits per heavy atom. The van der Waals surface area contributed by atoms with E-state index in [9.17, 15) is 0 Å². The van der Waals surface area contributed by atoms with Crippen molar-refractivity contribution in [2.75, 3.05) is 18.0 Å². The van der Waals surface area contributed by atoms with E-state index in [0.29, 0.717) is 5.02 Å². The summed E-state index contributed by atoms with van der Waals surface area (Å²) in [5, 5.41) is 12.8. The number of anilines is 1. The highest BCUT2D eigenvalue weighted by molar-refractivity contribution is 6.32. The van der Waals surface area contributed by atoms with E-state index in [-0.39, 0.29) is 6.10 Å². The number of para-hydroxylation sites is 2. The van der Waals surface area contributed by atoms with Crippen molar-refractivity contribution in [1.29, 1.82) is 0 Å². The number of rotatable bonds is 4. The molecule has 2 heterocycles. The summed E-state index contributed by atoms with van der Waals surface area (Å²) in [5.41, 5.74) is 0.956. The number of aromatic nitrogens is 4. The Morgan fingerprint density at radius 2 is 1.68 bits per heavy atom. The zero-order chi connectivity index (χ0) is 17.1. The molecule has 2 aromatic carbocycles. The van der Waals surface area contributed by atoms with E-state index in [4.69, 9.17) is 16.3 Å². The number of hydrogen-bond donors (Lipinski definition) is 0. The van der Waals surface area contributed by atoms with Crippen molar-refractivity contribution in [3.8, 4) is 11.4 Å². The highest BCUT2D eigenvalue weighted by Crippen LogP contribution is 2.27. The number of tetrazole rings is 1. The van der Waals surface area contributed by atoms with Crippen LogP contribution in [0, 0.1) is 0 Å². The fourth-order valence-corrected chi connectivity index (χ4v) is 3.19. The molecule has 25 heavy (non-hydrogen) atoms. The van der Waals surface area contributed by atoms with Crippen LogP contribution in [0.1, 0.15) is 12.8 Å². The predicted octanol–water partition coefficient (Wildman–Crippen LogP) is 3.36. The molecule has 0 atom stereocenters. The van der Waals surface area contributed by atoms with Crippen molar-refractivity contribution in [2.45, 2.75) is 18.9 Å². The van der Waals surface area contributed by atoms with Crippen LogP contribution >= 0.6 is 11.6 Å². The second-order valence-electron chi connectivity index (χ2n) is 5.96. The lowest BCUT2D eigenvalue weighted by atomic mass is 10.1. The van der Waals surface area contributed by atoms with Gasteiger partial charge in [0.1, 0.15) is 11.9 Å². The molecule has 4 rings (SSSR count). The van der Waals surface area contributed by atoms with Gasteiger partial charge in [-0.1, -0.05) is 47.0 Å². The van der Waals surface area contributed by atoms with Gasteiger partial charge in [0.25, 0.3) is 0 Å². The largest absolute Gasteiger partial charge is 0.489 e. The maximum absolute atomic E-state index is 6.18. The number of ether oxygens (including phenoxy) is 1. The lowest BCUT2D eigenvalue weighted by Gasteiger charge is -2.32. The van der Waals surface area contributed by atoms with Crippen molar-refractivity contribution in [3.63, 3.8) is 0 Å². The van der Waals surface area contributed by atoms with E-state index in [0.717, 1.165) is 43.3 Å². The number of halogens is 1. The molecule has 1 aliphatic rings. The molecule has 0 saturated carbocycles. The average molecular weight is 356 g/mol. The fraction of sp³-hybridized carbons (Fsp3) is 0.278. The molecule has 1 saturated heterocycles. The van der Waals surface area contributed by atoms with Crippen LogP contribution in [0.3, 0.4) is 0 Å². The van der Waals surface area contributed by atoms with Crippen molar-refractivity contribution in [2.24, 2.45) is 0 Å². The van der Waals surface area contributed by atoms with Gasteiger partial charge >= 0.3 is 0 Å². The van der Waals surface area contributed by atoms with Gasteiger partial charge in [0.15, 0.2) is 0 Å². The van der Waals surface area contributed by atoms with Gasteiger partial charge in [-0.2, -0.15) is 4.68 Å². The first-order valence-electron chi connectivity index (χ1n) is 8.31. The molecule has 0 radical (unpaired) electrons. The van der Waals surface area contributed by atoms with Crippen LogP contribution < -0.4 is 9.64 Å². The minimum absolute atomic E-state index is 0.150. The van der Waals surface area contributed by atoms with Gasteiger partial charge in [-0.15, -0.1) is 0 Å². The van der Waals surface area contributed by atoms with Gasteiger partial charge in [0, 0.05) is 25.9 Å². The van der Waals surface area contributed by atoms with E-state index < -0.39 is 0 Å². The summed E-state index contributed by atoms with van der Waals surface area (Å²) in [6.45, 7) is 1.67. The first-order valence-corrected chi connectivity index (χ1v) is 8.69. The van der Waals surface area contributed by atoms with Crippen molar-refractivity contribution < 1.29 is 4.74 Å². The topological polar surface area (TPSA) is 56.1 Å². The Kier molecular flexibility index (Phi) is 4.52. The quantitative estimate of drug-likeness (QED) is 0.718. The third-order valence-corrected chi connectivity index (χ3v) is 4.62. The maximum atomic E-state index is 6.18. The first kappa shape index (κ1) is 15.9. The lowest BCUT2D eigenvalue weighted by molar-refractivity contribution is 0.170. The average Bonchev–Trinajstić information content (AvgIpc) is 3.15. The number of nitrogens with zero attached hydrogens (tertiary/aromatic N) is 5. The molecule has 0 spiro atoms. The number of hydrogen-bond acceptors (Lipinski definition) is 5. The van der Waals surface area contributed by atoms with E-state index in [1.165, 1.54) is 0 Å². The second kappa shape index (κ2) is 7.11. The monoisotopic (exact) mass is 355 g/mol. The summed E-state index contributed by atoms with van der Waals surface area (Å²) >= 11 is 6.18. The summed E-state index contributed by atoms with van der Waals surface area (Å²) in [6, 6.07) is 17.5. The molecule has 128 valence electrons. The van der Waals surface area contributed by atoms with Crippen molar-refractivity contribution >= 4 is 17.5 Å². The molecule has 7 heteroatoms. The van der Waals surface area contributed by atoms with Gasteiger partial charge in [-0.05, 0) is 34.7 Å². The van der Waals surface area contributed by atoms with Gasteiger partial charge in [0.2, 0.25) is 5.95 Å². The molecular formula is C18H18ClN5O. The van der Waals surface area contributed by atoms with E-state index >= 15 is 0 Å².